The van der Waals surface area contributed by atoms with Gasteiger partial charge in [-0.15, -0.1) is 0 Å². The standard InChI is InChI=1S/C9H17NO/c1-11-10-8-9-6-4-2-3-5-7-9/h8,10H,2-7H2,1H3. The van der Waals surface area contributed by atoms with Gasteiger partial charge >= 0.3 is 0 Å². The van der Waals surface area contributed by atoms with E-state index in [1.54, 1.807) is 7.11 Å². The lowest BCUT2D eigenvalue weighted by molar-refractivity contribution is 0.127. The van der Waals surface area contributed by atoms with Crippen molar-refractivity contribution < 1.29 is 4.84 Å². The maximum atomic E-state index is 4.76. The molecule has 0 bridgehead atoms. The smallest absolute Gasteiger partial charge is 0.0636 e. The summed E-state index contributed by atoms with van der Waals surface area (Å²) >= 11 is 0. The molecule has 0 aromatic carbocycles. The van der Waals surface area contributed by atoms with Crippen molar-refractivity contribution in [1.29, 1.82) is 0 Å². The van der Waals surface area contributed by atoms with Gasteiger partial charge < -0.3 is 0 Å². The Morgan fingerprint density at radius 2 is 1.82 bits per heavy atom. The number of hydroxylamine groups is 1. The van der Waals surface area contributed by atoms with E-state index in [9.17, 15) is 0 Å². The number of nitrogens with one attached hydrogen (secondary N) is 1. The third kappa shape index (κ3) is 3.42. The Balaban J connectivity index is 2.29. The number of hydrogen-bond acceptors (Lipinski definition) is 2. The van der Waals surface area contributed by atoms with Crippen molar-refractivity contribution in [3.05, 3.63) is 11.8 Å². The van der Waals surface area contributed by atoms with Gasteiger partial charge in [0.2, 0.25) is 0 Å². The van der Waals surface area contributed by atoms with Gasteiger partial charge in [0, 0.05) is 6.20 Å². The van der Waals surface area contributed by atoms with Crippen molar-refractivity contribution in [3.63, 3.8) is 0 Å². The van der Waals surface area contributed by atoms with E-state index in [1.165, 1.54) is 44.1 Å². The van der Waals surface area contributed by atoms with E-state index in [2.05, 4.69) is 5.48 Å². The highest BCUT2D eigenvalue weighted by Crippen LogP contribution is 2.20. The molecule has 0 heterocycles. The van der Waals surface area contributed by atoms with Crippen molar-refractivity contribution in [2.24, 2.45) is 0 Å². The summed E-state index contributed by atoms with van der Waals surface area (Å²) in [4.78, 5) is 4.76. The molecule has 11 heavy (non-hydrogen) atoms. The Morgan fingerprint density at radius 1 is 1.18 bits per heavy atom. The molecule has 1 N–H and O–H groups in total. The minimum atomic E-state index is 1.25. The Bertz CT molecular complexity index is 122. The van der Waals surface area contributed by atoms with Gasteiger partial charge in [0.25, 0.3) is 0 Å². The van der Waals surface area contributed by atoms with Gasteiger partial charge in [-0.3, -0.25) is 10.3 Å². The van der Waals surface area contributed by atoms with Crippen LogP contribution in [-0.2, 0) is 4.84 Å². The summed E-state index contributed by atoms with van der Waals surface area (Å²) in [6, 6.07) is 0. The molecule has 0 aromatic rings. The van der Waals surface area contributed by atoms with Crippen LogP contribution in [0.5, 0.6) is 0 Å². The molecule has 0 unspecified atom stereocenters. The normalized spacial score (nSPS) is 19.2. The SMILES string of the molecule is CONC=C1CCCCCC1. The molecule has 1 aliphatic carbocycles. The van der Waals surface area contributed by atoms with Gasteiger partial charge in [0.1, 0.15) is 0 Å². The second-order valence-electron chi connectivity index (χ2n) is 3.04. The van der Waals surface area contributed by atoms with E-state index >= 15 is 0 Å². The average molecular weight is 155 g/mol. The zero-order valence-electron chi connectivity index (χ0n) is 7.23. The van der Waals surface area contributed by atoms with Crippen LogP contribution in [0.1, 0.15) is 38.5 Å². The predicted octanol–water partition coefficient (Wildman–Crippen LogP) is 2.38. The summed E-state index contributed by atoms with van der Waals surface area (Å²) in [5, 5.41) is 0. The topological polar surface area (TPSA) is 21.3 Å². The zero-order chi connectivity index (χ0) is 7.94. The van der Waals surface area contributed by atoms with Crippen LogP contribution < -0.4 is 5.48 Å². The molecule has 1 saturated carbocycles. The molecule has 64 valence electrons. The van der Waals surface area contributed by atoms with Crippen LogP contribution in [-0.4, -0.2) is 7.11 Å². The lowest BCUT2D eigenvalue weighted by Gasteiger charge is -2.02. The fraction of sp³-hybridized carbons (Fsp3) is 0.778. The summed E-state index contributed by atoms with van der Waals surface area (Å²) in [7, 11) is 1.65. The lowest BCUT2D eigenvalue weighted by Crippen LogP contribution is -2.02. The molecule has 0 spiro atoms. The van der Waals surface area contributed by atoms with Crippen LogP contribution >= 0.6 is 0 Å². The van der Waals surface area contributed by atoms with E-state index < -0.39 is 0 Å². The van der Waals surface area contributed by atoms with Crippen molar-refractivity contribution in [2.45, 2.75) is 38.5 Å². The van der Waals surface area contributed by atoms with E-state index in [0.717, 1.165) is 0 Å². The fourth-order valence-electron chi connectivity index (χ4n) is 1.47. The highest BCUT2D eigenvalue weighted by molar-refractivity contribution is 5.00. The maximum absolute atomic E-state index is 4.76. The van der Waals surface area contributed by atoms with Crippen LogP contribution in [0.2, 0.25) is 0 Å². The summed E-state index contributed by atoms with van der Waals surface area (Å²) in [6.45, 7) is 0. The minimum absolute atomic E-state index is 1.25. The van der Waals surface area contributed by atoms with Gasteiger partial charge in [-0.1, -0.05) is 18.4 Å². The molecule has 0 radical (unpaired) electrons. The largest absolute Gasteiger partial charge is 0.280 e. The molecule has 1 aliphatic rings. The maximum Gasteiger partial charge on any atom is 0.0636 e. The number of rotatable bonds is 2. The Labute approximate surface area is 68.6 Å². The van der Waals surface area contributed by atoms with Crippen LogP contribution in [0.25, 0.3) is 0 Å². The molecule has 2 nitrogen and oxygen atoms in total. The average Bonchev–Trinajstić information content (AvgIpc) is 2.28. The molecule has 0 atom stereocenters. The van der Waals surface area contributed by atoms with Crippen LogP contribution in [0.3, 0.4) is 0 Å². The fourth-order valence-corrected chi connectivity index (χ4v) is 1.47. The van der Waals surface area contributed by atoms with Gasteiger partial charge in [0.15, 0.2) is 0 Å². The second-order valence-corrected chi connectivity index (χ2v) is 3.04. The van der Waals surface area contributed by atoms with E-state index in [4.69, 9.17) is 4.84 Å². The van der Waals surface area contributed by atoms with Crippen LogP contribution in [0, 0.1) is 0 Å². The van der Waals surface area contributed by atoms with E-state index in [0.29, 0.717) is 0 Å². The first-order chi connectivity index (χ1) is 5.43. The summed E-state index contributed by atoms with van der Waals surface area (Å²) in [5.74, 6) is 0. The second kappa shape index (κ2) is 5.19. The molecule has 0 saturated heterocycles. The first-order valence-corrected chi connectivity index (χ1v) is 4.40. The van der Waals surface area contributed by atoms with Crippen molar-refractivity contribution >= 4 is 0 Å². The third-order valence-corrected chi connectivity index (χ3v) is 2.13. The minimum Gasteiger partial charge on any atom is -0.280 e. The molecule has 1 fully saturated rings. The Hall–Kier alpha value is -0.500. The monoisotopic (exact) mass is 155 g/mol. The lowest BCUT2D eigenvalue weighted by atomic mass is 10.1. The van der Waals surface area contributed by atoms with Gasteiger partial charge in [-0.05, 0) is 25.7 Å². The molecule has 0 aromatic heterocycles. The molecule has 2 heteroatoms. The first-order valence-electron chi connectivity index (χ1n) is 4.40. The Kier molecular flexibility index (Phi) is 4.06. The first kappa shape index (κ1) is 8.60. The van der Waals surface area contributed by atoms with Gasteiger partial charge in [-0.25, -0.2) is 0 Å². The quantitative estimate of drug-likeness (QED) is 0.488. The van der Waals surface area contributed by atoms with Gasteiger partial charge in [-0.2, -0.15) is 0 Å². The Morgan fingerprint density at radius 3 is 2.36 bits per heavy atom. The van der Waals surface area contributed by atoms with Gasteiger partial charge in [0.05, 0.1) is 7.11 Å². The molecular weight excluding hydrogens is 138 g/mol. The molecule has 0 aliphatic heterocycles. The summed E-state index contributed by atoms with van der Waals surface area (Å²) in [6.07, 6.45) is 9.97. The van der Waals surface area contributed by atoms with Crippen LogP contribution in [0.4, 0.5) is 0 Å². The summed E-state index contributed by atoms with van der Waals surface area (Å²) < 4.78 is 0. The van der Waals surface area contributed by atoms with Crippen molar-refractivity contribution in [1.82, 2.24) is 5.48 Å². The van der Waals surface area contributed by atoms with E-state index in [1.807, 2.05) is 6.20 Å². The molecular formula is C9H17NO. The highest BCUT2D eigenvalue weighted by Gasteiger charge is 2.02. The van der Waals surface area contributed by atoms with Crippen molar-refractivity contribution in [2.75, 3.05) is 7.11 Å². The summed E-state index contributed by atoms with van der Waals surface area (Å²) in [5.41, 5.74) is 4.29. The predicted molar refractivity (Wildman–Crippen MR) is 45.9 cm³/mol. The highest BCUT2D eigenvalue weighted by atomic mass is 16.6. The van der Waals surface area contributed by atoms with E-state index in [-0.39, 0.29) is 0 Å². The van der Waals surface area contributed by atoms with Crippen molar-refractivity contribution in [3.8, 4) is 0 Å². The van der Waals surface area contributed by atoms with Crippen LogP contribution in [0.15, 0.2) is 11.8 Å². The third-order valence-electron chi connectivity index (χ3n) is 2.13. The zero-order valence-corrected chi connectivity index (χ0v) is 7.23. The number of allylic oxidation sites excluding steroid dienone is 1. The number of hydrogen-bond donors (Lipinski definition) is 1. The molecule has 0 amide bonds. The molecule has 1 rings (SSSR count).